The largest absolute Gasteiger partial charge is 0.508 e. The summed E-state index contributed by atoms with van der Waals surface area (Å²) in [5, 5.41) is 21.2. The molecule has 0 amide bonds. The molecule has 6 nitrogen and oxygen atoms in total. The first-order valence-corrected chi connectivity index (χ1v) is 13.6. The number of rotatable bonds is 6. The van der Waals surface area contributed by atoms with Crippen LogP contribution in [0.5, 0.6) is 17.2 Å². The van der Waals surface area contributed by atoms with Gasteiger partial charge in [0.1, 0.15) is 5.75 Å². The highest BCUT2D eigenvalue weighted by molar-refractivity contribution is 5.89. The van der Waals surface area contributed by atoms with Crippen LogP contribution in [0.2, 0.25) is 0 Å². The molecule has 38 heavy (non-hydrogen) atoms. The number of fused-ring (bicyclic) bond motifs is 3. The van der Waals surface area contributed by atoms with E-state index in [9.17, 15) is 19.8 Å². The molecule has 0 aromatic heterocycles. The van der Waals surface area contributed by atoms with Crippen molar-refractivity contribution in [1.82, 2.24) is 0 Å². The highest BCUT2D eigenvalue weighted by atomic mass is 16.5. The van der Waals surface area contributed by atoms with Crippen molar-refractivity contribution in [3.8, 4) is 17.2 Å². The highest BCUT2D eigenvalue weighted by Crippen LogP contribution is 2.60. The molecule has 6 heteroatoms. The third-order valence-electron chi connectivity index (χ3n) is 8.56. The number of carbonyl (C=O) groups is 2. The number of aromatic hydroxyl groups is 2. The maximum atomic E-state index is 12.8. The molecule has 0 saturated heterocycles. The molecule has 2 aliphatic carbocycles. The number of hydrogen-bond acceptors (Lipinski definition) is 6. The molecule has 0 bridgehead atoms. The minimum absolute atomic E-state index is 0.0687. The maximum Gasteiger partial charge on any atom is 0.338 e. The Bertz CT molecular complexity index is 1250. The van der Waals surface area contributed by atoms with E-state index >= 15 is 0 Å². The van der Waals surface area contributed by atoms with E-state index in [0.29, 0.717) is 5.56 Å². The Morgan fingerprint density at radius 1 is 1.11 bits per heavy atom. The molecule has 0 radical (unpaired) electrons. The van der Waals surface area contributed by atoms with Gasteiger partial charge in [-0.3, -0.25) is 0 Å². The van der Waals surface area contributed by atoms with E-state index in [1.54, 1.807) is 12.1 Å². The molecule has 2 aromatic rings. The highest BCUT2D eigenvalue weighted by Gasteiger charge is 2.54. The SMILES string of the molecule is CC(C)=CC(=O)Oc1c(C(C)C)cc2c(c1O)[C@@]1(C)CCC[C@](C)(COC(=O)c3ccc(O)cc3)[C@@H]1CC2. The van der Waals surface area contributed by atoms with Crippen molar-refractivity contribution < 1.29 is 29.3 Å². The van der Waals surface area contributed by atoms with E-state index < -0.39 is 11.9 Å². The van der Waals surface area contributed by atoms with Crippen LogP contribution in [-0.4, -0.2) is 28.8 Å². The Balaban J connectivity index is 1.68. The zero-order chi connectivity index (χ0) is 27.8. The second kappa shape index (κ2) is 10.5. The Labute approximate surface area is 225 Å². The molecule has 0 spiro atoms. The molecule has 2 aromatic carbocycles. The molecule has 3 atom stereocenters. The summed E-state index contributed by atoms with van der Waals surface area (Å²) in [6, 6.07) is 8.19. The lowest BCUT2D eigenvalue weighted by molar-refractivity contribution is -0.129. The van der Waals surface area contributed by atoms with E-state index in [4.69, 9.17) is 9.47 Å². The van der Waals surface area contributed by atoms with E-state index in [2.05, 4.69) is 19.9 Å². The van der Waals surface area contributed by atoms with Gasteiger partial charge in [-0.25, -0.2) is 9.59 Å². The molecular formula is C32H40O6. The Morgan fingerprint density at radius 3 is 2.42 bits per heavy atom. The number of aryl methyl sites for hydroxylation is 1. The number of benzene rings is 2. The summed E-state index contributed by atoms with van der Waals surface area (Å²) >= 11 is 0. The van der Waals surface area contributed by atoms with Gasteiger partial charge in [0.05, 0.1) is 12.2 Å². The first-order valence-electron chi connectivity index (χ1n) is 13.6. The summed E-state index contributed by atoms with van der Waals surface area (Å²) in [5.41, 5.74) is 3.41. The summed E-state index contributed by atoms with van der Waals surface area (Å²) < 4.78 is 11.6. The predicted octanol–water partition coefficient (Wildman–Crippen LogP) is 6.96. The van der Waals surface area contributed by atoms with Crippen LogP contribution in [0.25, 0.3) is 0 Å². The van der Waals surface area contributed by atoms with Crippen LogP contribution >= 0.6 is 0 Å². The van der Waals surface area contributed by atoms with Gasteiger partial charge in [0.2, 0.25) is 0 Å². The summed E-state index contributed by atoms with van der Waals surface area (Å²) in [6.45, 7) is 12.4. The molecule has 4 rings (SSSR count). The molecular weight excluding hydrogens is 480 g/mol. The predicted molar refractivity (Wildman–Crippen MR) is 147 cm³/mol. The van der Waals surface area contributed by atoms with Gasteiger partial charge in [-0.05, 0) is 81.2 Å². The first-order chi connectivity index (χ1) is 17.9. The second-order valence-corrected chi connectivity index (χ2v) is 12.1. The van der Waals surface area contributed by atoms with Gasteiger partial charge in [-0.2, -0.15) is 0 Å². The zero-order valence-electron chi connectivity index (χ0n) is 23.4. The van der Waals surface area contributed by atoms with Gasteiger partial charge in [-0.15, -0.1) is 0 Å². The van der Waals surface area contributed by atoms with E-state index in [-0.39, 0.29) is 46.5 Å². The summed E-state index contributed by atoms with van der Waals surface area (Å²) in [6.07, 6.45) is 5.89. The van der Waals surface area contributed by atoms with Crippen LogP contribution in [0.3, 0.4) is 0 Å². The lowest BCUT2D eigenvalue weighted by Gasteiger charge is -2.55. The average Bonchev–Trinajstić information content (AvgIpc) is 2.83. The van der Waals surface area contributed by atoms with Gasteiger partial charge in [0, 0.05) is 28.0 Å². The van der Waals surface area contributed by atoms with Crippen LogP contribution in [0.1, 0.15) is 100 Å². The molecule has 2 aliphatic rings. The van der Waals surface area contributed by atoms with Crippen LogP contribution in [0.15, 0.2) is 42.0 Å². The van der Waals surface area contributed by atoms with E-state index in [1.165, 1.54) is 18.2 Å². The molecule has 1 saturated carbocycles. The van der Waals surface area contributed by atoms with Crippen molar-refractivity contribution in [2.24, 2.45) is 11.3 Å². The maximum absolute atomic E-state index is 12.8. The van der Waals surface area contributed by atoms with Crippen LogP contribution in [-0.2, 0) is 21.4 Å². The molecule has 1 fully saturated rings. The summed E-state index contributed by atoms with van der Waals surface area (Å²) in [5.74, 6) is -0.234. The third kappa shape index (κ3) is 5.18. The van der Waals surface area contributed by atoms with Gasteiger partial charge < -0.3 is 19.7 Å². The lowest BCUT2D eigenvalue weighted by atomic mass is 9.49. The number of phenolic OH excluding ortho intramolecular Hbond substituents is 2. The average molecular weight is 521 g/mol. The van der Waals surface area contributed by atoms with Crippen molar-refractivity contribution in [3.63, 3.8) is 0 Å². The Morgan fingerprint density at radius 2 is 1.79 bits per heavy atom. The lowest BCUT2D eigenvalue weighted by Crippen LogP contribution is -2.51. The summed E-state index contributed by atoms with van der Waals surface area (Å²) in [4.78, 5) is 25.4. The first kappa shape index (κ1) is 27.7. The van der Waals surface area contributed by atoms with Crippen LogP contribution in [0, 0.1) is 11.3 Å². The van der Waals surface area contributed by atoms with Crippen LogP contribution in [0.4, 0.5) is 0 Å². The van der Waals surface area contributed by atoms with E-state index in [0.717, 1.165) is 54.4 Å². The molecule has 0 aliphatic heterocycles. The monoisotopic (exact) mass is 520 g/mol. The van der Waals surface area contributed by atoms with Crippen molar-refractivity contribution >= 4 is 11.9 Å². The minimum atomic E-state index is -0.491. The Kier molecular flexibility index (Phi) is 7.64. The van der Waals surface area contributed by atoms with Gasteiger partial charge in [0.25, 0.3) is 0 Å². The number of phenols is 2. The fourth-order valence-electron chi connectivity index (χ4n) is 6.79. The van der Waals surface area contributed by atoms with Gasteiger partial charge in [0.15, 0.2) is 11.5 Å². The molecule has 0 unspecified atom stereocenters. The number of carbonyl (C=O) groups excluding carboxylic acids is 2. The van der Waals surface area contributed by atoms with E-state index in [1.807, 2.05) is 27.7 Å². The number of allylic oxidation sites excluding steroid dienone is 1. The quantitative estimate of drug-likeness (QED) is 0.243. The second-order valence-electron chi connectivity index (χ2n) is 12.1. The number of ether oxygens (including phenoxy) is 2. The summed E-state index contributed by atoms with van der Waals surface area (Å²) in [7, 11) is 0. The fourth-order valence-corrected chi connectivity index (χ4v) is 6.79. The smallest absolute Gasteiger partial charge is 0.338 e. The van der Waals surface area contributed by atoms with Crippen molar-refractivity contribution in [1.29, 1.82) is 0 Å². The minimum Gasteiger partial charge on any atom is -0.508 e. The Hall–Kier alpha value is -3.28. The molecule has 0 heterocycles. The third-order valence-corrected chi connectivity index (χ3v) is 8.56. The zero-order valence-corrected chi connectivity index (χ0v) is 23.4. The fraction of sp³-hybridized carbons (Fsp3) is 0.500. The number of esters is 2. The van der Waals surface area contributed by atoms with Crippen molar-refractivity contribution in [2.75, 3.05) is 6.61 Å². The topological polar surface area (TPSA) is 93.1 Å². The molecule has 204 valence electrons. The van der Waals surface area contributed by atoms with Crippen molar-refractivity contribution in [2.45, 2.75) is 85.0 Å². The van der Waals surface area contributed by atoms with Crippen LogP contribution < -0.4 is 4.74 Å². The van der Waals surface area contributed by atoms with Gasteiger partial charge >= 0.3 is 11.9 Å². The standard InChI is InChI=1S/C32H40O6/c1-19(2)16-26(34)38-29-24(20(3)4)17-22-10-13-25-31(5,14-7-15-32(25,6)27(22)28(29)35)18-37-30(36)21-8-11-23(33)12-9-21/h8-9,11-12,16-17,20,25,33,35H,7,10,13-15,18H2,1-6H3/t25-,31+,32-/m0/s1. The molecule has 2 N–H and O–H groups in total. The number of hydrogen-bond donors (Lipinski definition) is 2. The van der Waals surface area contributed by atoms with Crippen molar-refractivity contribution in [3.05, 3.63) is 64.2 Å². The van der Waals surface area contributed by atoms with Gasteiger partial charge in [-0.1, -0.05) is 45.8 Å². The normalized spacial score (nSPS) is 24.2.